The molecule has 4 rings (SSSR count). The van der Waals surface area contributed by atoms with E-state index in [1.807, 2.05) is 23.9 Å². The van der Waals surface area contributed by atoms with Crippen LogP contribution in [0.15, 0.2) is 47.4 Å². The lowest BCUT2D eigenvalue weighted by molar-refractivity contribution is 0.0595. The van der Waals surface area contributed by atoms with Gasteiger partial charge in [0.15, 0.2) is 4.93 Å². The highest BCUT2D eigenvalue weighted by Crippen LogP contribution is 2.53. The first-order valence-electron chi connectivity index (χ1n) is 11.7. The molecule has 0 amide bonds. The van der Waals surface area contributed by atoms with Crippen LogP contribution in [0.1, 0.15) is 76.0 Å². The van der Waals surface area contributed by atoms with E-state index < -0.39 is 0 Å². The number of hydrogen-bond acceptors (Lipinski definition) is 4. The van der Waals surface area contributed by atoms with Crippen molar-refractivity contribution in [2.75, 3.05) is 6.73 Å². The lowest BCUT2D eigenvalue weighted by Gasteiger charge is -2.28. The zero-order chi connectivity index (χ0) is 21.8. The molecule has 0 aliphatic carbocycles. The summed E-state index contributed by atoms with van der Waals surface area (Å²) in [5.41, 5.74) is 2.01. The molecule has 2 heterocycles. The maximum absolute atomic E-state index is 14.0. The maximum Gasteiger partial charge on any atom is 0.159 e. The second kappa shape index (κ2) is 11.2. The quantitative estimate of drug-likeness (QED) is 0.415. The van der Waals surface area contributed by atoms with Crippen molar-refractivity contribution in [3.8, 4) is 5.75 Å². The van der Waals surface area contributed by atoms with Gasteiger partial charge in [-0.15, -0.1) is 12.4 Å². The molecule has 176 valence electrons. The van der Waals surface area contributed by atoms with Crippen LogP contribution in [-0.2, 0) is 6.42 Å². The molecule has 2 aliphatic heterocycles. The Balaban J connectivity index is 0.00000289. The molecule has 2 aliphatic rings. The molecule has 1 saturated heterocycles. The topological polar surface area (TPSA) is 32.7 Å². The highest BCUT2D eigenvalue weighted by Gasteiger charge is 2.40. The highest BCUT2D eigenvalue weighted by atomic mass is 35.5. The van der Waals surface area contributed by atoms with Crippen LogP contribution in [0.3, 0.4) is 0 Å². The fourth-order valence-corrected chi connectivity index (χ4v) is 6.80. The molecule has 1 fully saturated rings. The standard InChI is InChI=1S/C26H34FNO2S.ClH/c1-3-15-26(16-4-2)30-24-14-10-20(17-25(24)31-26)23-13-12-21(28(23)18-29)11-9-19-7-5-6-8-22(19)27;/h5-8,10,14,17,21,23,29H,3-4,9,11-13,15-16,18H2,1-2H3;1H. The van der Waals surface area contributed by atoms with E-state index in [2.05, 4.69) is 36.9 Å². The van der Waals surface area contributed by atoms with Gasteiger partial charge in [0.25, 0.3) is 0 Å². The summed E-state index contributed by atoms with van der Waals surface area (Å²) in [5.74, 6) is 0.867. The number of thioether (sulfide) groups is 1. The summed E-state index contributed by atoms with van der Waals surface area (Å²) >= 11 is 1.88. The Kier molecular flexibility index (Phi) is 8.90. The number of fused-ring (bicyclic) bond motifs is 1. The van der Waals surface area contributed by atoms with E-state index in [1.165, 1.54) is 16.5 Å². The number of hydrogen-bond donors (Lipinski definition) is 1. The zero-order valence-electron chi connectivity index (χ0n) is 19.1. The molecule has 0 spiro atoms. The summed E-state index contributed by atoms with van der Waals surface area (Å²) in [4.78, 5) is 3.29. The Labute approximate surface area is 202 Å². The van der Waals surface area contributed by atoms with Crippen molar-refractivity contribution in [1.29, 1.82) is 0 Å². The third kappa shape index (κ3) is 5.27. The van der Waals surface area contributed by atoms with E-state index in [9.17, 15) is 9.50 Å². The summed E-state index contributed by atoms with van der Waals surface area (Å²) in [6.45, 7) is 4.46. The fourth-order valence-electron chi connectivity index (χ4n) is 5.25. The summed E-state index contributed by atoms with van der Waals surface area (Å²) < 4.78 is 20.4. The van der Waals surface area contributed by atoms with Gasteiger partial charge in [0, 0.05) is 12.1 Å². The number of benzene rings is 2. The predicted octanol–water partition coefficient (Wildman–Crippen LogP) is 7.12. The molecule has 1 N–H and O–H groups in total. The van der Waals surface area contributed by atoms with Crippen LogP contribution < -0.4 is 4.74 Å². The van der Waals surface area contributed by atoms with E-state index in [0.717, 1.165) is 56.3 Å². The first-order chi connectivity index (χ1) is 15.1. The van der Waals surface area contributed by atoms with Gasteiger partial charge < -0.3 is 9.84 Å². The molecule has 6 heteroatoms. The molecule has 0 saturated carbocycles. The minimum atomic E-state index is -0.133. The van der Waals surface area contributed by atoms with Crippen molar-refractivity contribution in [2.45, 2.75) is 87.1 Å². The number of rotatable bonds is 9. The SMILES string of the molecule is CCCC1(CCC)Oc2ccc(C3CCC(CCc4ccccc4F)N3CO)cc2S1.Cl. The summed E-state index contributed by atoms with van der Waals surface area (Å²) in [6.07, 6.45) is 7.93. The molecule has 0 aromatic heterocycles. The van der Waals surface area contributed by atoms with Crippen LogP contribution in [0.25, 0.3) is 0 Å². The Hall–Kier alpha value is -1.27. The fraction of sp³-hybridized carbons (Fsp3) is 0.538. The van der Waals surface area contributed by atoms with Gasteiger partial charge in [-0.2, -0.15) is 0 Å². The van der Waals surface area contributed by atoms with Gasteiger partial charge in [-0.05, 0) is 67.9 Å². The largest absolute Gasteiger partial charge is 0.475 e. The average Bonchev–Trinajstić information content (AvgIpc) is 3.33. The van der Waals surface area contributed by atoms with Crippen LogP contribution in [0.2, 0.25) is 0 Å². The number of nitrogens with zero attached hydrogens (tertiary/aromatic N) is 1. The number of aliphatic hydroxyl groups is 1. The number of likely N-dealkylation sites (tertiary alicyclic amines) is 1. The molecule has 2 aromatic rings. The van der Waals surface area contributed by atoms with Crippen molar-refractivity contribution in [3.63, 3.8) is 0 Å². The summed E-state index contributed by atoms with van der Waals surface area (Å²) in [5, 5.41) is 10.2. The smallest absolute Gasteiger partial charge is 0.159 e. The van der Waals surface area contributed by atoms with Gasteiger partial charge in [-0.25, -0.2) is 4.39 Å². The van der Waals surface area contributed by atoms with E-state index in [4.69, 9.17) is 4.74 Å². The summed E-state index contributed by atoms with van der Waals surface area (Å²) in [7, 11) is 0. The van der Waals surface area contributed by atoms with Crippen LogP contribution in [0.4, 0.5) is 4.39 Å². The van der Waals surface area contributed by atoms with Crippen molar-refractivity contribution in [2.24, 2.45) is 0 Å². The van der Waals surface area contributed by atoms with Gasteiger partial charge in [0.2, 0.25) is 0 Å². The molecule has 0 bridgehead atoms. The average molecular weight is 480 g/mol. The van der Waals surface area contributed by atoms with E-state index >= 15 is 0 Å². The van der Waals surface area contributed by atoms with Crippen LogP contribution in [0.5, 0.6) is 5.75 Å². The van der Waals surface area contributed by atoms with Gasteiger partial charge >= 0.3 is 0 Å². The van der Waals surface area contributed by atoms with E-state index in [-0.39, 0.29) is 42.0 Å². The van der Waals surface area contributed by atoms with Gasteiger partial charge in [0.05, 0.1) is 11.6 Å². The first kappa shape index (κ1) is 25.4. The van der Waals surface area contributed by atoms with Crippen LogP contribution >= 0.6 is 24.2 Å². The van der Waals surface area contributed by atoms with E-state index in [0.29, 0.717) is 6.42 Å². The monoisotopic (exact) mass is 479 g/mol. The van der Waals surface area contributed by atoms with Crippen molar-refractivity contribution < 1.29 is 14.2 Å². The predicted molar refractivity (Wildman–Crippen MR) is 132 cm³/mol. The molecule has 0 radical (unpaired) electrons. The number of halogens is 2. The Bertz CT molecular complexity index is 890. The lowest BCUT2D eigenvalue weighted by Crippen LogP contribution is -2.33. The number of aryl methyl sites for hydroxylation is 1. The van der Waals surface area contributed by atoms with Crippen molar-refractivity contribution in [3.05, 3.63) is 59.4 Å². The second-order valence-electron chi connectivity index (χ2n) is 8.85. The molecular weight excluding hydrogens is 445 g/mol. The number of ether oxygens (including phenoxy) is 1. The molecule has 3 nitrogen and oxygen atoms in total. The third-order valence-corrected chi connectivity index (χ3v) is 8.12. The normalized spacial score (nSPS) is 21.8. The van der Waals surface area contributed by atoms with Crippen molar-refractivity contribution >= 4 is 24.2 Å². The van der Waals surface area contributed by atoms with Gasteiger partial charge in [-0.1, -0.05) is 62.7 Å². The minimum Gasteiger partial charge on any atom is -0.475 e. The third-order valence-electron chi connectivity index (χ3n) is 6.72. The highest BCUT2D eigenvalue weighted by molar-refractivity contribution is 8.00. The zero-order valence-corrected chi connectivity index (χ0v) is 20.7. The maximum atomic E-state index is 14.0. The Morgan fingerprint density at radius 2 is 1.88 bits per heavy atom. The van der Waals surface area contributed by atoms with Gasteiger partial charge in [-0.3, -0.25) is 4.90 Å². The molecule has 32 heavy (non-hydrogen) atoms. The number of aliphatic hydroxyl groups excluding tert-OH is 1. The first-order valence-corrected chi connectivity index (χ1v) is 12.5. The van der Waals surface area contributed by atoms with Crippen molar-refractivity contribution in [1.82, 2.24) is 4.90 Å². The second-order valence-corrected chi connectivity index (χ2v) is 10.2. The van der Waals surface area contributed by atoms with Crippen LogP contribution in [0, 0.1) is 5.82 Å². The molecule has 2 aromatic carbocycles. The summed E-state index contributed by atoms with van der Waals surface area (Å²) in [6, 6.07) is 14.0. The Morgan fingerprint density at radius 3 is 2.56 bits per heavy atom. The minimum absolute atomic E-state index is 0. The van der Waals surface area contributed by atoms with Gasteiger partial charge in [0.1, 0.15) is 11.6 Å². The molecule has 2 atom stereocenters. The Morgan fingerprint density at radius 1 is 1.12 bits per heavy atom. The lowest BCUT2D eigenvalue weighted by atomic mass is 10.0. The molecular formula is C26H35ClFNO2S. The van der Waals surface area contributed by atoms with Crippen LogP contribution in [-0.4, -0.2) is 27.7 Å². The molecule has 2 unspecified atom stereocenters. The van der Waals surface area contributed by atoms with E-state index in [1.54, 1.807) is 6.07 Å².